The molecule has 2 nitrogen and oxygen atoms in total. The smallest absolute Gasteiger partial charge is 0.122 e. The zero-order valence-corrected chi connectivity index (χ0v) is 14.2. The number of rotatable bonds is 6. The molecule has 0 radical (unpaired) electrons. The van der Waals surface area contributed by atoms with Crippen molar-refractivity contribution < 1.29 is 4.74 Å². The Morgan fingerprint density at radius 2 is 1.96 bits per heavy atom. The molecule has 1 unspecified atom stereocenters. The van der Waals surface area contributed by atoms with Crippen LogP contribution in [0.2, 0.25) is 0 Å². The summed E-state index contributed by atoms with van der Waals surface area (Å²) in [6.45, 7) is 0. The summed E-state index contributed by atoms with van der Waals surface area (Å²) in [5.74, 6) is 1.05. The van der Waals surface area contributed by atoms with Crippen LogP contribution in [0.15, 0.2) is 60.2 Å². The molecule has 1 aliphatic carbocycles. The number of hydrogen-bond donors (Lipinski definition) is 0. The van der Waals surface area contributed by atoms with E-state index in [0.29, 0.717) is 6.42 Å². The summed E-state index contributed by atoms with van der Waals surface area (Å²) in [7, 11) is 1.73. The van der Waals surface area contributed by atoms with Crippen molar-refractivity contribution in [3.8, 4) is 11.8 Å². The molecule has 24 heavy (non-hydrogen) atoms. The Labute approximate surface area is 144 Å². The van der Waals surface area contributed by atoms with Crippen LogP contribution in [-0.2, 0) is 6.42 Å². The highest BCUT2D eigenvalue weighted by molar-refractivity contribution is 5.44. The molecular formula is C22H23NO. The Morgan fingerprint density at radius 1 is 1.12 bits per heavy atom. The van der Waals surface area contributed by atoms with Gasteiger partial charge in [-0.3, -0.25) is 0 Å². The Kier molecular flexibility index (Phi) is 5.33. The maximum Gasteiger partial charge on any atom is 0.122 e. The van der Waals surface area contributed by atoms with Crippen molar-refractivity contribution in [2.75, 3.05) is 7.11 Å². The monoisotopic (exact) mass is 317 g/mol. The molecule has 0 bridgehead atoms. The molecule has 0 heterocycles. The lowest BCUT2D eigenvalue weighted by Crippen LogP contribution is -2.03. The minimum Gasteiger partial charge on any atom is -0.496 e. The van der Waals surface area contributed by atoms with E-state index in [9.17, 15) is 5.26 Å². The third-order valence-electron chi connectivity index (χ3n) is 4.76. The van der Waals surface area contributed by atoms with E-state index in [2.05, 4.69) is 36.4 Å². The topological polar surface area (TPSA) is 33.0 Å². The summed E-state index contributed by atoms with van der Waals surface area (Å²) >= 11 is 0. The molecule has 1 atom stereocenters. The minimum absolute atomic E-state index is 0.110. The second-order valence-corrected chi connectivity index (χ2v) is 6.33. The maximum absolute atomic E-state index is 9.28. The van der Waals surface area contributed by atoms with Gasteiger partial charge in [0, 0.05) is 12.3 Å². The molecule has 2 aromatic carbocycles. The third-order valence-corrected chi connectivity index (χ3v) is 4.76. The average Bonchev–Trinajstić information content (AvgIpc) is 3.13. The summed E-state index contributed by atoms with van der Waals surface area (Å²) in [5, 5.41) is 9.28. The van der Waals surface area contributed by atoms with Crippen molar-refractivity contribution in [2.24, 2.45) is 0 Å². The van der Waals surface area contributed by atoms with Crippen LogP contribution in [0.1, 0.15) is 48.3 Å². The highest BCUT2D eigenvalue weighted by Gasteiger charge is 2.17. The molecule has 0 N–H and O–H groups in total. The van der Waals surface area contributed by atoms with Gasteiger partial charge in [-0.15, -0.1) is 0 Å². The van der Waals surface area contributed by atoms with E-state index < -0.39 is 0 Å². The summed E-state index contributed by atoms with van der Waals surface area (Å²) < 4.78 is 5.56. The number of benzene rings is 2. The van der Waals surface area contributed by atoms with E-state index in [1.807, 2.05) is 24.3 Å². The van der Waals surface area contributed by atoms with Gasteiger partial charge in [-0.2, -0.15) is 5.26 Å². The van der Waals surface area contributed by atoms with Crippen molar-refractivity contribution in [1.29, 1.82) is 5.26 Å². The summed E-state index contributed by atoms with van der Waals surface area (Å²) in [5.41, 5.74) is 5.11. The fourth-order valence-corrected chi connectivity index (χ4v) is 3.50. The van der Waals surface area contributed by atoms with Crippen LogP contribution >= 0.6 is 0 Å². The van der Waals surface area contributed by atoms with Gasteiger partial charge in [-0.05, 0) is 48.4 Å². The number of hydrogen-bond acceptors (Lipinski definition) is 2. The van der Waals surface area contributed by atoms with E-state index in [0.717, 1.165) is 12.2 Å². The van der Waals surface area contributed by atoms with E-state index >= 15 is 0 Å². The minimum atomic E-state index is 0.110. The SMILES string of the molecule is COc1ccc(C(CC#N)c2ccccc2)cc1CC1=CCCC1. The molecule has 1 aliphatic rings. The fraction of sp³-hybridized carbons (Fsp3) is 0.318. The van der Waals surface area contributed by atoms with Gasteiger partial charge < -0.3 is 4.74 Å². The molecule has 0 saturated heterocycles. The highest BCUT2D eigenvalue weighted by atomic mass is 16.5. The zero-order valence-electron chi connectivity index (χ0n) is 14.2. The van der Waals surface area contributed by atoms with Gasteiger partial charge >= 0.3 is 0 Å². The lowest BCUT2D eigenvalue weighted by atomic mass is 9.87. The van der Waals surface area contributed by atoms with Crippen molar-refractivity contribution in [3.05, 3.63) is 76.9 Å². The predicted molar refractivity (Wildman–Crippen MR) is 97.1 cm³/mol. The first-order valence-electron chi connectivity index (χ1n) is 8.58. The summed E-state index contributed by atoms with van der Waals surface area (Å²) in [6, 6.07) is 19.0. The quantitative estimate of drug-likeness (QED) is 0.669. The Balaban J connectivity index is 1.95. The van der Waals surface area contributed by atoms with Gasteiger partial charge in [0.05, 0.1) is 13.2 Å². The molecule has 2 aromatic rings. The highest BCUT2D eigenvalue weighted by Crippen LogP contribution is 2.33. The van der Waals surface area contributed by atoms with Crippen LogP contribution in [0.25, 0.3) is 0 Å². The zero-order chi connectivity index (χ0) is 16.8. The van der Waals surface area contributed by atoms with Gasteiger partial charge in [0.2, 0.25) is 0 Å². The molecule has 0 spiro atoms. The number of ether oxygens (including phenoxy) is 1. The van der Waals surface area contributed by atoms with Crippen LogP contribution in [0.5, 0.6) is 5.75 Å². The number of methoxy groups -OCH3 is 1. The second kappa shape index (κ2) is 7.84. The van der Waals surface area contributed by atoms with E-state index in [4.69, 9.17) is 4.74 Å². The predicted octanol–water partition coefficient (Wildman–Crippen LogP) is 5.39. The number of allylic oxidation sites excluding steroid dienone is 2. The van der Waals surface area contributed by atoms with Gasteiger partial charge in [0.15, 0.2) is 0 Å². The summed E-state index contributed by atoms with van der Waals surface area (Å²) in [6.07, 6.45) is 7.43. The first-order chi connectivity index (χ1) is 11.8. The largest absolute Gasteiger partial charge is 0.496 e. The molecule has 0 fully saturated rings. The molecule has 0 amide bonds. The Bertz CT molecular complexity index is 755. The van der Waals surface area contributed by atoms with Crippen molar-refractivity contribution in [2.45, 2.75) is 38.0 Å². The van der Waals surface area contributed by atoms with E-state index in [-0.39, 0.29) is 5.92 Å². The van der Waals surface area contributed by atoms with Crippen LogP contribution in [0.3, 0.4) is 0 Å². The van der Waals surface area contributed by atoms with Crippen LogP contribution in [-0.4, -0.2) is 7.11 Å². The first-order valence-corrected chi connectivity index (χ1v) is 8.58. The van der Waals surface area contributed by atoms with E-state index in [1.54, 1.807) is 7.11 Å². The average molecular weight is 317 g/mol. The molecule has 0 aliphatic heterocycles. The van der Waals surface area contributed by atoms with Crippen molar-refractivity contribution in [1.82, 2.24) is 0 Å². The van der Waals surface area contributed by atoms with Crippen molar-refractivity contribution in [3.63, 3.8) is 0 Å². The van der Waals surface area contributed by atoms with Gasteiger partial charge in [-0.25, -0.2) is 0 Å². The first kappa shape index (κ1) is 16.3. The fourth-order valence-electron chi connectivity index (χ4n) is 3.50. The van der Waals surface area contributed by atoms with E-state index in [1.165, 1.54) is 41.5 Å². The number of nitrogens with zero attached hydrogens (tertiary/aromatic N) is 1. The molecule has 122 valence electrons. The standard InChI is InChI=1S/C22H23NO/c1-24-22-12-11-19(16-20(22)15-17-7-5-6-8-17)21(13-14-23)18-9-3-2-4-10-18/h2-4,7,9-12,16,21H,5-6,8,13,15H2,1H3. The molecular weight excluding hydrogens is 294 g/mol. The second-order valence-electron chi connectivity index (χ2n) is 6.33. The Hall–Kier alpha value is -2.53. The van der Waals surface area contributed by atoms with Crippen LogP contribution in [0.4, 0.5) is 0 Å². The number of nitriles is 1. The molecule has 0 aromatic heterocycles. The summed E-state index contributed by atoms with van der Waals surface area (Å²) in [4.78, 5) is 0. The maximum atomic E-state index is 9.28. The molecule has 0 saturated carbocycles. The lowest BCUT2D eigenvalue weighted by molar-refractivity contribution is 0.410. The normalized spacial score (nSPS) is 14.8. The van der Waals surface area contributed by atoms with Gasteiger partial charge in [0.25, 0.3) is 0 Å². The van der Waals surface area contributed by atoms with Crippen molar-refractivity contribution >= 4 is 0 Å². The third kappa shape index (κ3) is 3.68. The van der Waals surface area contributed by atoms with Crippen LogP contribution < -0.4 is 4.74 Å². The van der Waals surface area contributed by atoms with Crippen LogP contribution in [0, 0.1) is 11.3 Å². The molecule has 2 heteroatoms. The lowest BCUT2D eigenvalue weighted by Gasteiger charge is -2.18. The Morgan fingerprint density at radius 3 is 2.62 bits per heavy atom. The van der Waals surface area contributed by atoms with Gasteiger partial charge in [0.1, 0.15) is 5.75 Å². The molecule has 3 rings (SSSR count). The van der Waals surface area contributed by atoms with Gasteiger partial charge in [-0.1, -0.05) is 54.1 Å².